The van der Waals surface area contributed by atoms with Crippen molar-refractivity contribution in [2.75, 3.05) is 38.2 Å². The summed E-state index contributed by atoms with van der Waals surface area (Å²) in [4.78, 5) is 4.92. The summed E-state index contributed by atoms with van der Waals surface area (Å²) in [5.41, 5.74) is 5.04. The highest BCUT2D eigenvalue weighted by molar-refractivity contribution is 5.56. The van der Waals surface area contributed by atoms with E-state index in [1.165, 1.54) is 16.8 Å². The van der Waals surface area contributed by atoms with E-state index >= 15 is 0 Å². The molecule has 8 nitrogen and oxygen atoms in total. The Kier molecular flexibility index (Phi) is 6.31. The van der Waals surface area contributed by atoms with Crippen molar-refractivity contribution in [3.05, 3.63) is 89.1 Å². The van der Waals surface area contributed by atoms with Crippen LogP contribution in [0.15, 0.2) is 65.3 Å². The molecule has 2 aromatic heterocycles. The lowest BCUT2D eigenvalue weighted by Crippen LogP contribution is -2.48. The fourth-order valence-corrected chi connectivity index (χ4v) is 4.76. The van der Waals surface area contributed by atoms with Gasteiger partial charge in [0.25, 0.3) is 0 Å². The van der Waals surface area contributed by atoms with E-state index in [1.54, 1.807) is 13.4 Å². The molecule has 4 aromatic rings. The quantitative estimate of drug-likeness (QED) is 0.416. The fraction of sp³-hybridized carbons (Fsp3) is 0.346. The molecule has 1 saturated heterocycles. The van der Waals surface area contributed by atoms with Gasteiger partial charge in [-0.15, -0.1) is 5.10 Å². The molecule has 0 radical (unpaired) electrons. The van der Waals surface area contributed by atoms with Crippen LogP contribution in [0.3, 0.4) is 0 Å². The Bertz CT molecular complexity index is 1230. The smallest absolute Gasteiger partial charge is 0.173 e. The van der Waals surface area contributed by atoms with Gasteiger partial charge in [-0.05, 0) is 59.7 Å². The summed E-state index contributed by atoms with van der Waals surface area (Å²) >= 11 is 0. The van der Waals surface area contributed by atoms with Gasteiger partial charge in [0.1, 0.15) is 24.1 Å². The molecular formula is C26H30N6O2. The van der Waals surface area contributed by atoms with Crippen LogP contribution in [0, 0.1) is 13.8 Å². The number of rotatable bonds is 7. The van der Waals surface area contributed by atoms with E-state index in [0.29, 0.717) is 6.54 Å². The first-order valence-corrected chi connectivity index (χ1v) is 11.6. The topological polar surface area (TPSA) is 72.4 Å². The number of furan rings is 1. The second-order valence-electron chi connectivity index (χ2n) is 8.66. The van der Waals surface area contributed by atoms with Crippen LogP contribution in [-0.2, 0) is 6.54 Å². The Labute approximate surface area is 199 Å². The number of hydrogen-bond acceptors (Lipinski definition) is 7. The number of benzene rings is 2. The van der Waals surface area contributed by atoms with Gasteiger partial charge in [-0.1, -0.05) is 30.3 Å². The number of methoxy groups -OCH3 is 1. The number of nitrogens with zero attached hydrogens (tertiary/aromatic N) is 6. The highest BCUT2D eigenvalue weighted by Crippen LogP contribution is 2.35. The summed E-state index contributed by atoms with van der Waals surface area (Å²) < 4.78 is 13.1. The molecule has 34 heavy (non-hydrogen) atoms. The average molecular weight is 459 g/mol. The van der Waals surface area contributed by atoms with E-state index in [9.17, 15) is 0 Å². The van der Waals surface area contributed by atoms with Crippen molar-refractivity contribution < 1.29 is 9.15 Å². The maximum Gasteiger partial charge on any atom is 0.173 e. The van der Waals surface area contributed by atoms with Crippen LogP contribution in [0.4, 0.5) is 5.69 Å². The molecule has 1 aliphatic heterocycles. The van der Waals surface area contributed by atoms with Crippen LogP contribution in [0.1, 0.15) is 34.3 Å². The van der Waals surface area contributed by atoms with Crippen LogP contribution >= 0.6 is 0 Å². The van der Waals surface area contributed by atoms with Gasteiger partial charge < -0.3 is 14.1 Å². The normalized spacial score (nSPS) is 15.4. The zero-order valence-electron chi connectivity index (χ0n) is 19.9. The molecule has 5 rings (SSSR count). The summed E-state index contributed by atoms with van der Waals surface area (Å²) in [6.45, 7) is 8.46. The summed E-state index contributed by atoms with van der Waals surface area (Å²) in [5, 5.41) is 12.8. The summed E-state index contributed by atoms with van der Waals surface area (Å²) in [6, 6.07) is 18.3. The van der Waals surface area contributed by atoms with Gasteiger partial charge >= 0.3 is 0 Å². The highest BCUT2D eigenvalue weighted by Gasteiger charge is 2.33. The van der Waals surface area contributed by atoms with Crippen molar-refractivity contribution in [3.63, 3.8) is 0 Å². The Morgan fingerprint density at radius 1 is 0.971 bits per heavy atom. The monoisotopic (exact) mass is 458 g/mol. The summed E-state index contributed by atoms with van der Waals surface area (Å²) in [7, 11) is 1.71. The Morgan fingerprint density at radius 2 is 1.79 bits per heavy atom. The first-order chi connectivity index (χ1) is 16.7. The third kappa shape index (κ3) is 4.28. The number of hydrogen-bond donors (Lipinski definition) is 0. The molecule has 0 amide bonds. The molecule has 1 aliphatic rings. The first kappa shape index (κ1) is 22.2. The Hall–Kier alpha value is -3.65. The molecule has 2 aromatic carbocycles. The third-order valence-electron chi connectivity index (χ3n) is 6.72. The minimum absolute atomic E-state index is 0.137. The number of piperazine rings is 1. The molecule has 1 atom stereocenters. The summed E-state index contributed by atoms with van der Waals surface area (Å²) in [6.07, 6.45) is 1.67. The van der Waals surface area contributed by atoms with E-state index in [4.69, 9.17) is 9.15 Å². The zero-order chi connectivity index (χ0) is 23.5. The molecule has 1 fully saturated rings. The molecule has 0 unspecified atom stereocenters. The molecule has 0 bridgehead atoms. The molecule has 176 valence electrons. The molecule has 0 saturated carbocycles. The SMILES string of the molecule is COc1ccccc1[C@@H](c1nnnn1Cc1ccco1)N1CCN(c2cccc(C)c2C)CC1. The number of tetrazole rings is 1. The van der Waals surface area contributed by atoms with Crippen LogP contribution in [0.5, 0.6) is 5.75 Å². The van der Waals surface area contributed by atoms with Crippen LogP contribution in [0.25, 0.3) is 0 Å². The van der Waals surface area contributed by atoms with Crippen molar-refractivity contribution in [3.8, 4) is 5.75 Å². The predicted octanol–water partition coefficient (Wildman–Crippen LogP) is 3.85. The van der Waals surface area contributed by atoms with E-state index in [0.717, 1.165) is 49.1 Å². The minimum Gasteiger partial charge on any atom is -0.496 e. The second-order valence-corrected chi connectivity index (χ2v) is 8.66. The number of aromatic nitrogens is 4. The zero-order valence-corrected chi connectivity index (χ0v) is 19.9. The number of ether oxygens (including phenoxy) is 1. The van der Waals surface area contributed by atoms with Crippen molar-refractivity contribution in [2.24, 2.45) is 0 Å². The Balaban J connectivity index is 1.46. The number of aryl methyl sites for hydroxylation is 1. The largest absolute Gasteiger partial charge is 0.496 e. The minimum atomic E-state index is -0.137. The van der Waals surface area contributed by atoms with Gasteiger partial charge in [0, 0.05) is 37.4 Å². The first-order valence-electron chi connectivity index (χ1n) is 11.6. The van der Waals surface area contributed by atoms with Gasteiger partial charge in [-0.25, -0.2) is 4.68 Å². The van der Waals surface area contributed by atoms with E-state index < -0.39 is 0 Å². The average Bonchev–Trinajstić information content (AvgIpc) is 3.55. The third-order valence-corrected chi connectivity index (χ3v) is 6.72. The Morgan fingerprint density at radius 3 is 2.56 bits per heavy atom. The van der Waals surface area contributed by atoms with E-state index in [1.807, 2.05) is 35.0 Å². The lowest BCUT2D eigenvalue weighted by Gasteiger charge is -2.40. The molecule has 0 spiro atoms. The number of para-hydroxylation sites is 1. The van der Waals surface area contributed by atoms with Gasteiger partial charge in [0.2, 0.25) is 0 Å². The van der Waals surface area contributed by atoms with Gasteiger partial charge in [-0.3, -0.25) is 4.90 Å². The van der Waals surface area contributed by atoms with Crippen LogP contribution < -0.4 is 9.64 Å². The lowest BCUT2D eigenvalue weighted by atomic mass is 10.0. The van der Waals surface area contributed by atoms with Crippen molar-refractivity contribution in [1.29, 1.82) is 0 Å². The standard InChI is InChI=1S/C26H30N6O2/c1-19-8-6-11-23(20(19)2)30-13-15-31(16-14-30)25(22-10-4-5-12-24(22)33-3)26-27-28-29-32(26)18-21-9-7-17-34-21/h4-12,17,25H,13-16,18H2,1-3H3/t25-/m0/s1. The lowest BCUT2D eigenvalue weighted by molar-refractivity contribution is 0.197. The predicted molar refractivity (Wildman–Crippen MR) is 130 cm³/mol. The van der Waals surface area contributed by atoms with Crippen LogP contribution in [-0.4, -0.2) is 58.4 Å². The van der Waals surface area contributed by atoms with Crippen molar-refractivity contribution >= 4 is 5.69 Å². The van der Waals surface area contributed by atoms with Gasteiger partial charge in [-0.2, -0.15) is 0 Å². The molecule has 8 heteroatoms. The van der Waals surface area contributed by atoms with E-state index in [2.05, 4.69) is 63.4 Å². The number of anilines is 1. The summed E-state index contributed by atoms with van der Waals surface area (Å²) in [5.74, 6) is 2.42. The van der Waals surface area contributed by atoms with Gasteiger partial charge in [0.15, 0.2) is 5.82 Å². The van der Waals surface area contributed by atoms with Crippen molar-refractivity contribution in [2.45, 2.75) is 26.4 Å². The fourth-order valence-electron chi connectivity index (χ4n) is 4.76. The van der Waals surface area contributed by atoms with Crippen LogP contribution in [0.2, 0.25) is 0 Å². The molecular weight excluding hydrogens is 428 g/mol. The molecule has 0 aliphatic carbocycles. The highest BCUT2D eigenvalue weighted by atomic mass is 16.5. The molecule has 3 heterocycles. The van der Waals surface area contributed by atoms with E-state index in [-0.39, 0.29) is 6.04 Å². The molecule has 0 N–H and O–H groups in total. The van der Waals surface area contributed by atoms with Crippen molar-refractivity contribution in [1.82, 2.24) is 25.1 Å². The maximum absolute atomic E-state index is 5.75. The van der Waals surface area contributed by atoms with Gasteiger partial charge in [0.05, 0.1) is 13.4 Å². The second kappa shape index (κ2) is 9.69. The maximum atomic E-state index is 5.75.